The fraction of sp³-hybridized carbons (Fsp3) is 0.357. The standard InChI is InChI=1S/C14H18N4O2/c1-2-4-12(19)8-15-14(20)11-6-3-5-10(7-11)13-16-9-17-18-13/h3,5-7,9,12,19H,2,4,8H2,1H3,(H,15,20)(H,16,17,18). The van der Waals surface area contributed by atoms with Gasteiger partial charge >= 0.3 is 0 Å². The lowest BCUT2D eigenvalue weighted by Crippen LogP contribution is -2.31. The molecule has 1 amide bonds. The van der Waals surface area contributed by atoms with Gasteiger partial charge in [0.15, 0.2) is 5.82 Å². The van der Waals surface area contributed by atoms with Gasteiger partial charge in [-0.15, -0.1) is 0 Å². The van der Waals surface area contributed by atoms with Crippen molar-refractivity contribution in [3.05, 3.63) is 36.2 Å². The van der Waals surface area contributed by atoms with Crippen LogP contribution in [0.3, 0.4) is 0 Å². The van der Waals surface area contributed by atoms with E-state index in [9.17, 15) is 9.90 Å². The second kappa shape index (κ2) is 6.81. The van der Waals surface area contributed by atoms with Crippen molar-refractivity contribution < 1.29 is 9.90 Å². The van der Waals surface area contributed by atoms with Crippen molar-refractivity contribution in [3.63, 3.8) is 0 Å². The lowest BCUT2D eigenvalue weighted by molar-refractivity contribution is 0.0910. The van der Waals surface area contributed by atoms with Crippen LogP contribution in [-0.2, 0) is 0 Å². The molecule has 6 nitrogen and oxygen atoms in total. The summed E-state index contributed by atoms with van der Waals surface area (Å²) in [4.78, 5) is 16.1. The molecule has 0 spiro atoms. The molecule has 6 heteroatoms. The highest BCUT2D eigenvalue weighted by Crippen LogP contribution is 2.15. The number of aliphatic hydroxyl groups is 1. The van der Waals surface area contributed by atoms with E-state index < -0.39 is 6.10 Å². The van der Waals surface area contributed by atoms with Gasteiger partial charge in [0, 0.05) is 17.7 Å². The van der Waals surface area contributed by atoms with Gasteiger partial charge in [0.25, 0.3) is 5.91 Å². The summed E-state index contributed by atoms with van der Waals surface area (Å²) < 4.78 is 0. The number of carbonyl (C=O) groups is 1. The Morgan fingerprint density at radius 2 is 2.35 bits per heavy atom. The maximum absolute atomic E-state index is 12.0. The number of hydrogen-bond acceptors (Lipinski definition) is 4. The Labute approximate surface area is 117 Å². The second-order valence-electron chi connectivity index (χ2n) is 4.57. The fourth-order valence-corrected chi connectivity index (χ4v) is 1.90. The molecule has 1 aromatic heterocycles. The zero-order valence-electron chi connectivity index (χ0n) is 11.3. The van der Waals surface area contributed by atoms with Gasteiger partial charge in [-0.1, -0.05) is 25.5 Å². The SMILES string of the molecule is CCCC(O)CNC(=O)c1cccc(-c2ncn[nH]2)c1. The maximum Gasteiger partial charge on any atom is 0.251 e. The average Bonchev–Trinajstić information content (AvgIpc) is 2.99. The molecule has 0 radical (unpaired) electrons. The monoisotopic (exact) mass is 274 g/mol. The number of benzene rings is 1. The average molecular weight is 274 g/mol. The summed E-state index contributed by atoms with van der Waals surface area (Å²) in [5.41, 5.74) is 1.33. The van der Waals surface area contributed by atoms with Crippen molar-refractivity contribution in [2.45, 2.75) is 25.9 Å². The zero-order chi connectivity index (χ0) is 14.4. The molecule has 1 unspecified atom stereocenters. The van der Waals surface area contributed by atoms with Gasteiger partial charge in [-0.05, 0) is 18.6 Å². The molecule has 106 valence electrons. The molecule has 1 heterocycles. The topological polar surface area (TPSA) is 90.9 Å². The molecule has 3 N–H and O–H groups in total. The summed E-state index contributed by atoms with van der Waals surface area (Å²) in [5, 5.41) is 18.9. The molecule has 0 saturated carbocycles. The molecule has 2 rings (SSSR count). The quantitative estimate of drug-likeness (QED) is 0.742. The highest BCUT2D eigenvalue weighted by molar-refractivity contribution is 5.95. The number of aromatic amines is 1. The third-order valence-electron chi connectivity index (χ3n) is 2.93. The van der Waals surface area contributed by atoms with E-state index in [0.29, 0.717) is 17.8 Å². The summed E-state index contributed by atoms with van der Waals surface area (Å²) in [5.74, 6) is 0.409. The predicted molar refractivity (Wildman–Crippen MR) is 75.1 cm³/mol. The minimum Gasteiger partial charge on any atom is -0.391 e. The molecule has 0 bridgehead atoms. The van der Waals surface area contributed by atoms with Crippen molar-refractivity contribution >= 4 is 5.91 Å². The number of aliphatic hydroxyl groups excluding tert-OH is 1. The minimum atomic E-state index is -0.499. The van der Waals surface area contributed by atoms with Crippen molar-refractivity contribution in [3.8, 4) is 11.4 Å². The number of H-pyrrole nitrogens is 1. The van der Waals surface area contributed by atoms with Crippen LogP contribution in [-0.4, -0.2) is 38.8 Å². The number of carbonyl (C=O) groups excluding carboxylic acids is 1. The number of rotatable bonds is 6. The van der Waals surface area contributed by atoms with Gasteiger partial charge < -0.3 is 10.4 Å². The predicted octanol–water partition coefficient (Wildman–Crippen LogP) is 1.36. The summed E-state index contributed by atoms with van der Waals surface area (Å²) in [6.07, 6.45) is 2.49. The van der Waals surface area contributed by atoms with E-state index in [2.05, 4.69) is 20.5 Å². The molecule has 20 heavy (non-hydrogen) atoms. The molecule has 0 aliphatic heterocycles. The highest BCUT2D eigenvalue weighted by Gasteiger charge is 2.10. The van der Waals surface area contributed by atoms with E-state index in [4.69, 9.17) is 0 Å². The molecular formula is C14H18N4O2. The van der Waals surface area contributed by atoms with Crippen molar-refractivity contribution in [2.75, 3.05) is 6.54 Å². The Hall–Kier alpha value is -2.21. The summed E-state index contributed by atoms with van der Waals surface area (Å²) in [6, 6.07) is 7.10. The van der Waals surface area contributed by atoms with E-state index in [1.54, 1.807) is 18.2 Å². The van der Waals surface area contributed by atoms with Crippen LogP contribution >= 0.6 is 0 Å². The molecule has 0 fully saturated rings. The molecule has 0 aliphatic rings. The Kier molecular flexibility index (Phi) is 4.84. The van der Waals surface area contributed by atoms with E-state index >= 15 is 0 Å². The van der Waals surface area contributed by atoms with Crippen molar-refractivity contribution in [1.82, 2.24) is 20.5 Å². The van der Waals surface area contributed by atoms with Gasteiger partial charge in [-0.2, -0.15) is 5.10 Å². The first-order valence-corrected chi connectivity index (χ1v) is 6.62. The Morgan fingerprint density at radius 3 is 3.05 bits per heavy atom. The largest absolute Gasteiger partial charge is 0.391 e. The van der Waals surface area contributed by atoms with E-state index in [0.717, 1.165) is 12.0 Å². The zero-order valence-corrected chi connectivity index (χ0v) is 11.3. The van der Waals surface area contributed by atoms with E-state index in [-0.39, 0.29) is 12.5 Å². The molecule has 0 saturated heterocycles. The normalized spacial score (nSPS) is 12.1. The Morgan fingerprint density at radius 1 is 1.50 bits per heavy atom. The lowest BCUT2D eigenvalue weighted by Gasteiger charge is -2.11. The van der Waals surface area contributed by atoms with E-state index in [1.165, 1.54) is 6.33 Å². The Bertz CT molecular complexity index is 554. The molecule has 2 aromatic rings. The van der Waals surface area contributed by atoms with Gasteiger partial charge in [0.2, 0.25) is 0 Å². The second-order valence-corrected chi connectivity index (χ2v) is 4.57. The first-order valence-electron chi connectivity index (χ1n) is 6.62. The van der Waals surface area contributed by atoms with Crippen LogP contribution in [0.4, 0.5) is 0 Å². The molecule has 1 aromatic carbocycles. The van der Waals surface area contributed by atoms with Gasteiger partial charge in [-0.3, -0.25) is 9.89 Å². The van der Waals surface area contributed by atoms with Crippen molar-refractivity contribution in [2.24, 2.45) is 0 Å². The summed E-state index contributed by atoms with van der Waals surface area (Å²) >= 11 is 0. The number of hydrogen-bond donors (Lipinski definition) is 3. The van der Waals surface area contributed by atoms with Crippen LogP contribution in [0, 0.1) is 0 Å². The number of nitrogens with zero attached hydrogens (tertiary/aromatic N) is 2. The van der Waals surface area contributed by atoms with E-state index in [1.807, 2.05) is 13.0 Å². The highest BCUT2D eigenvalue weighted by atomic mass is 16.3. The van der Waals surface area contributed by atoms with Crippen LogP contribution in [0.5, 0.6) is 0 Å². The third kappa shape index (κ3) is 3.64. The van der Waals surface area contributed by atoms with Crippen LogP contribution in [0.1, 0.15) is 30.1 Å². The Balaban J connectivity index is 2.02. The van der Waals surface area contributed by atoms with Crippen molar-refractivity contribution in [1.29, 1.82) is 0 Å². The maximum atomic E-state index is 12.0. The van der Waals surface area contributed by atoms with Gasteiger partial charge in [0.05, 0.1) is 6.10 Å². The minimum absolute atomic E-state index is 0.207. The first kappa shape index (κ1) is 14.2. The van der Waals surface area contributed by atoms with Crippen LogP contribution in [0.2, 0.25) is 0 Å². The lowest BCUT2D eigenvalue weighted by atomic mass is 10.1. The summed E-state index contributed by atoms with van der Waals surface area (Å²) in [7, 11) is 0. The third-order valence-corrected chi connectivity index (χ3v) is 2.93. The molecular weight excluding hydrogens is 256 g/mol. The van der Waals surface area contributed by atoms with Gasteiger partial charge in [-0.25, -0.2) is 4.98 Å². The molecule has 0 aliphatic carbocycles. The van der Waals surface area contributed by atoms with Crippen LogP contribution < -0.4 is 5.32 Å². The first-order chi connectivity index (χ1) is 9.70. The van der Waals surface area contributed by atoms with Crippen LogP contribution in [0.25, 0.3) is 11.4 Å². The van der Waals surface area contributed by atoms with Crippen LogP contribution in [0.15, 0.2) is 30.6 Å². The number of amides is 1. The smallest absolute Gasteiger partial charge is 0.251 e. The molecule has 1 atom stereocenters. The number of nitrogens with one attached hydrogen (secondary N) is 2. The number of aromatic nitrogens is 3. The fourth-order valence-electron chi connectivity index (χ4n) is 1.90. The van der Waals surface area contributed by atoms with Gasteiger partial charge in [0.1, 0.15) is 6.33 Å². The summed E-state index contributed by atoms with van der Waals surface area (Å²) in [6.45, 7) is 2.26.